The summed E-state index contributed by atoms with van der Waals surface area (Å²) in [6, 6.07) is 1.69. The van der Waals surface area contributed by atoms with Gasteiger partial charge in [-0.2, -0.15) is 10.2 Å². The Morgan fingerprint density at radius 3 is 2.60 bits per heavy atom. The zero-order valence-corrected chi connectivity index (χ0v) is 26.4. The molecule has 3 aromatic rings. The molecule has 3 aromatic heterocycles. The Labute approximate surface area is 245 Å². The van der Waals surface area contributed by atoms with Crippen molar-refractivity contribution in [3.8, 4) is 0 Å². The average Bonchev–Trinajstić information content (AvgIpc) is 3.51. The monoisotopic (exact) mass is 602 g/mol. The first-order valence-corrected chi connectivity index (χ1v) is 16.9. The third-order valence-corrected chi connectivity index (χ3v) is 13.5. The van der Waals surface area contributed by atoms with E-state index < -0.39 is 25.1 Å². The summed E-state index contributed by atoms with van der Waals surface area (Å²) in [5.41, 5.74) is 11.0. The van der Waals surface area contributed by atoms with E-state index in [2.05, 4.69) is 68.2 Å². The van der Waals surface area contributed by atoms with Gasteiger partial charge in [0, 0.05) is 53.6 Å². The number of amides is 1. The lowest BCUT2D eigenvalue weighted by molar-refractivity contribution is -0.122. The quantitative estimate of drug-likeness (QED) is 0.366. The molecule has 10 nitrogen and oxygen atoms in total. The predicted octanol–water partition coefficient (Wildman–Crippen LogP) is 4.92. The first-order valence-electron chi connectivity index (χ1n) is 13.2. The number of hydrazine groups is 2. The summed E-state index contributed by atoms with van der Waals surface area (Å²) in [7, 11) is -1.94. The number of nitrogens with two attached hydrogens (primary N) is 1. The molecule has 0 saturated heterocycles. The van der Waals surface area contributed by atoms with Gasteiger partial charge in [0.25, 0.3) is 0 Å². The molecule has 0 spiro atoms. The Morgan fingerprint density at radius 1 is 1.20 bits per heavy atom. The van der Waals surface area contributed by atoms with Crippen molar-refractivity contribution in [2.24, 2.45) is 5.73 Å². The van der Waals surface area contributed by atoms with E-state index in [4.69, 9.17) is 33.4 Å². The normalized spacial score (nSPS) is 20.3. The number of hydrogen-bond acceptors (Lipinski definition) is 8. The van der Waals surface area contributed by atoms with Crippen molar-refractivity contribution >= 4 is 48.8 Å². The molecule has 214 valence electrons. The summed E-state index contributed by atoms with van der Waals surface area (Å²) in [6.45, 7) is 16.3. The zero-order valence-electron chi connectivity index (χ0n) is 23.9. The Morgan fingerprint density at radius 2 is 1.93 bits per heavy atom. The van der Waals surface area contributed by atoms with Crippen LogP contribution in [-0.4, -0.2) is 52.0 Å². The number of anilines is 1. The molecule has 0 saturated carbocycles. The molecule has 3 N–H and O–H groups in total. The summed E-state index contributed by atoms with van der Waals surface area (Å²) in [5.74, 6) is -0.524. The highest BCUT2D eigenvalue weighted by Gasteiger charge is 2.56. The second-order valence-electron chi connectivity index (χ2n) is 12.6. The summed E-state index contributed by atoms with van der Waals surface area (Å²) in [6.07, 6.45) is 9.03. The van der Waals surface area contributed by atoms with Crippen LogP contribution < -0.4 is 16.3 Å². The van der Waals surface area contributed by atoms with E-state index in [1.54, 1.807) is 29.2 Å². The fraction of sp³-hybridized carbons (Fsp3) is 0.481. The van der Waals surface area contributed by atoms with Crippen LogP contribution in [0.2, 0.25) is 28.3 Å². The maximum Gasteiger partial charge on any atom is 0.232 e. The average molecular weight is 604 g/mol. The second-order valence-corrected chi connectivity index (χ2v) is 18.2. The maximum atomic E-state index is 13.6. The smallest absolute Gasteiger partial charge is 0.232 e. The standard InChI is InChI=1S/C27H36Cl2N8O2Si/c1-25(2,3)40(6,7)39-11-10-35-9-8-33-37(35)22-17(13-31-15-19(22)28)27(24(30)38)16-26(4,5)23-18(27)14-32-21-12-20(29)34-36(21)23/h8-9,12-15,33H,10-11,16H2,1-7H3,(H2,30,38). The van der Waals surface area contributed by atoms with Gasteiger partial charge in [0.2, 0.25) is 5.91 Å². The van der Waals surface area contributed by atoms with Gasteiger partial charge in [-0.1, -0.05) is 57.8 Å². The van der Waals surface area contributed by atoms with E-state index in [0.29, 0.717) is 52.2 Å². The largest absolute Gasteiger partial charge is 0.415 e. The molecule has 0 fully saturated rings. The van der Waals surface area contributed by atoms with Gasteiger partial charge in [-0.15, -0.1) is 0 Å². The minimum Gasteiger partial charge on any atom is -0.415 e. The highest BCUT2D eigenvalue weighted by Crippen LogP contribution is 2.55. The van der Waals surface area contributed by atoms with E-state index in [-0.39, 0.29) is 5.04 Å². The summed E-state index contributed by atoms with van der Waals surface area (Å²) >= 11 is 13.1. The number of pyridine rings is 1. The van der Waals surface area contributed by atoms with Gasteiger partial charge in [0.05, 0.1) is 23.9 Å². The third kappa shape index (κ3) is 4.43. The SMILES string of the molecule is CC1(C)CC(C(N)=O)(c2cncc(Cl)c2N2NC=CN2CCO[Si](C)(C)C(C)(C)C)c2cnc3cc(Cl)nn3c21. The van der Waals surface area contributed by atoms with Gasteiger partial charge in [-0.25, -0.2) is 9.50 Å². The maximum absolute atomic E-state index is 13.6. The van der Waals surface area contributed by atoms with Crippen molar-refractivity contribution in [2.45, 2.75) is 70.0 Å². The van der Waals surface area contributed by atoms with Gasteiger partial charge in [-0.05, 0) is 24.6 Å². The van der Waals surface area contributed by atoms with E-state index in [9.17, 15) is 4.79 Å². The summed E-state index contributed by atoms with van der Waals surface area (Å²) < 4.78 is 8.14. The molecule has 1 aliphatic heterocycles. The summed E-state index contributed by atoms with van der Waals surface area (Å²) in [5, 5.41) is 9.06. The number of aromatic nitrogens is 4. The fourth-order valence-electron chi connectivity index (χ4n) is 5.57. The van der Waals surface area contributed by atoms with Crippen molar-refractivity contribution in [3.63, 3.8) is 0 Å². The lowest BCUT2D eigenvalue weighted by Gasteiger charge is -2.39. The lowest BCUT2D eigenvalue weighted by atomic mass is 9.73. The van der Waals surface area contributed by atoms with Crippen molar-refractivity contribution in [3.05, 3.63) is 64.1 Å². The van der Waals surface area contributed by atoms with Gasteiger partial charge in [0.1, 0.15) is 11.1 Å². The molecular formula is C27H36Cl2N8O2Si. The molecule has 0 aromatic carbocycles. The number of fused-ring (bicyclic) bond motifs is 3. The number of hydrogen-bond donors (Lipinski definition) is 2. The number of nitrogens with one attached hydrogen (secondary N) is 1. The molecule has 1 aliphatic carbocycles. The molecule has 2 aliphatic rings. The van der Waals surface area contributed by atoms with Crippen LogP contribution in [0.4, 0.5) is 5.69 Å². The molecule has 0 radical (unpaired) electrons. The van der Waals surface area contributed by atoms with E-state index in [1.165, 1.54) is 0 Å². The van der Waals surface area contributed by atoms with Crippen molar-refractivity contribution in [2.75, 3.05) is 18.3 Å². The van der Waals surface area contributed by atoms with Crippen molar-refractivity contribution < 1.29 is 9.22 Å². The van der Waals surface area contributed by atoms with Gasteiger partial charge < -0.3 is 10.2 Å². The molecule has 1 atom stereocenters. The Hall–Kier alpha value is -2.86. The Kier molecular flexibility index (Phi) is 6.88. The van der Waals surface area contributed by atoms with Crippen molar-refractivity contribution in [1.82, 2.24) is 30.0 Å². The van der Waals surface area contributed by atoms with Crippen LogP contribution in [-0.2, 0) is 20.1 Å². The number of primary amides is 1. The highest BCUT2D eigenvalue weighted by molar-refractivity contribution is 6.74. The molecule has 1 amide bonds. The molecule has 40 heavy (non-hydrogen) atoms. The van der Waals surface area contributed by atoms with Crippen LogP contribution in [0.25, 0.3) is 5.65 Å². The van der Waals surface area contributed by atoms with E-state index >= 15 is 0 Å². The Bertz CT molecular complexity index is 1520. The van der Waals surface area contributed by atoms with Crippen molar-refractivity contribution in [1.29, 1.82) is 0 Å². The van der Waals surface area contributed by atoms with Gasteiger partial charge in [-0.3, -0.25) is 20.2 Å². The number of carbonyl (C=O) groups excluding carboxylic acids is 1. The number of rotatable bonds is 7. The third-order valence-electron chi connectivity index (χ3n) is 8.52. The van der Waals surface area contributed by atoms with Crippen LogP contribution in [0.3, 0.4) is 0 Å². The topological polar surface area (TPSA) is 114 Å². The number of nitrogens with zero attached hydrogens (tertiary/aromatic N) is 6. The van der Waals surface area contributed by atoms with Gasteiger partial charge >= 0.3 is 0 Å². The molecular weight excluding hydrogens is 567 g/mol. The molecule has 13 heteroatoms. The highest BCUT2D eigenvalue weighted by atomic mass is 35.5. The van der Waals surface area contributed by atoms with Crippen LogP contribution in [0, 0.1) is 0 Å². The van der Waals surface area contributed by atoms with Crippen LogP contribution in [0.1, 0.15) is 57.9 Å². The molecule has 5 rings (SSSR count). The van der Waals surface area contributed by atoms with E-state index in [1.807, 2.05) is 22.5 Å². The number of halogens is 2. The van der Waals surface area contributed by atoms with E-state index in [0.717, 1.165) is 5.69 Å². The minimum absolute atomic E-state index is 0.0994. The summed E-state index contributed by atoms with van der Waals surface area (Å²) in [4.78, 5) is 22.6. The minimum atomic E-state index is -1.94. The van der Waals surface area contributed by atoms with Crippen LogP contribution >= 0.6 is 23.2 Å². The van der Waals surface area contributed by atoms with Crippen LogP contribution in [0.15, 0.2) is 37.1 Å². The lowest BCUT2D eigenvalue weighted by Crippen LogP contribution is -2.48. The molecule has 0 bridgehead atoms. The first kappa shape index (κ1) is 28.7. The molecule has 1 unspecified atom stereocenters. The fourth-order valence-corrected chi connectivity index (χ4v) is 7.01. The zero-order chi connectivity index (χ0) is 29.3. The molecule has 4 heterocycles. The van der Waals surface area contributed by atoms with Crippen LogP contribution in [0.5, 0.6) is 0 Å². The first-order chi connectivity index (χ1) is 18.6. The predicted molar refractivity (Wildman–Crippen MR) is 159 cm³/mol. The number of carbonyl (C=O) groups is 1. The second kappa shape index (κ2) is 9.61. The van der Waals surface area contributed by atoms with Gasteiger partial charge in [0.15, 0.2) is 19.1 Å². The Balaban J connectivity index is 1.59.